The van der Waals surface area contributed by atoms with Crippen LogP contribution in [0.4, 0.5) is 0 Å². The Balaban J connectivity index is 1.16. The number of ether oxygens (including phenoxy) is 9. The van der Waals surface area contributed by atoms with Crippen LogP contribution in [0.5, 0.6) is 0 Å². The molecule has 9 nitrogen and oxygen atoms in total. The molecule has 0 N–H and O–H groups in total. The predicted molar refractivity (Wildman–Crippen MR) is 154 cm³/mol. The third-order valence-corrected chi connectivity index (χ3v) is 8.35. The molecule has 0 aliphatic carbocycles. The van der Waals surface area contributed by atoms with Gasteiger partial charge in [0.1, 0.15) is 36.6 Å². The van der Waals surface area contributed by atoms with Crippen LogP contribution >= 0.6 is 0 Å². The third kappa shape index (κ3) is 6.71. The topological polar surface area (TPSA) is 86.4 Å². The zero-order chi connectivity index (χ0) is 29.0. The Bertz CT molecular complexity index is 1280. The summed E-state index contributed by atoms with van der Waals surface area (Å²) >= 11 is 0. The van der Waals surface area contributed by atoms with Gasteiger partial charge in [-0.25, -0.2) is 0 Å². The Hall–Kier alpha value is -2.70. The Labute approximate surface area is 251 Å². The highest BCUT2D eigenvalue weighted by Crippen LogP contribution is 2.41. The van der Waals surface area contributed by atoms with E-state index in [0.717, 1.165) is 16.7 Å². The number of fused-ring (bicyclic) bond motifs is 2. The van der Waals surface area contributed by atoms with Crippen LogP contribution in [0.1, 0.15) is 29.4 Å². The lowest BCUT2D eigenvalue weighted by molar-refractivity contribution is -0.377. The lowest BCUT2D eigenvalue weighted by atomic mass is 9.96. The van der Waals surface area contributed by atoms with Crippen molar-refractivity contribution in [1.29, 1.82) is 0 Å². The van der Waals surface area contributed by atoms with Gasteiger partial charge in [-0.1, -0.05) is 91.0 Å². The second-order valence-corrected chi connectivity index (χ2v) is 11.2. The predicted octanol–water partition coefficient (Wildman–Crippen LogP) is 4.54. The lowest BCUT2D eigenvalue weighted by Crippen LogP contribution is -2.64. The molecule has 0 radical (unpaired) electrons. The van der Waals surface area contributed by atoms with Crippen molar-refractivity contribution in [3.63, 3.8) is 0 Å². The summed E-state index contributed by atoms with van der Waals surface area (Å²) in [6, 6.07) is 30.1. The summed E-state index contributed by atoms with van der Waals surface area (Å²) in [5.74, 6) is 0. The van der Waals surface area contributed by atoms with E-state index in [1.165, 1.54) is 0 Å². The Morgan fingerprint density at radius 2 is 1.30 bits per heavy atom. The van der Waals surface area contributed by atoms with Gasteiger partial charge in [-0.3, -0.25) is 0 Å². The quantitative estimate of drug-likeness (QED) is 0.316. The van der Waals surface area contributed by atoms with E-state index in [1.54, 1.807) is 7.11 Å². The summed E-state index contributed by atoms with van der Waals surface area (Å²) in [6.07, 6.45) is -3.62. The Morgan fingerprint density at radius 3 is 1.98 bits per heavy atom. The molecule has 0 bridgehead atoms. The highest BCUT2D eigenvalue weighted by molar-refractivity contribution is 5.17. The molecule has 4 aliphatic rings. The minimum Gasteiger partial charge on any atom is -0.368 e. The molecule has 4 saturated heterocycles. The molecule has 0 spiro atoms. The number of hydrogen-bond acceptors (Lipinski definition) is 9. The van der Waals surface area contributed by atoms with E-state index in [9.17, 15) is 0 Å². The average Bonchev–Trinajstić information content (AvgIpc) is 3.87. The highest BCUT2D eigenvalue weighted by Gasteiger charge is 2.57. The van der Waals surface area contributed by atoms with Crippen LogP contribution in [0, 0.1) is 0 Å². The number of methoxy groups -OCH3 is 1. The van der Waals surface area contributed by atoms with Crippen molar-refractivity contribution in [3.8, 4) is 0 Å². The molecule has 10 unspecified atom stereocenters. The van der Waals surface area contributed by atoms with Gasteiger partial charge in [0.05, 0.1) is 32.5 Å². The van der Waals surface area contributed by atoms with Crippen LogP contribution in [0.15, 0.2) is 91.0 Å². The van der Waals surface area contributed by atoms with Crippen molar-refractivity contribution in [2.45, 2.75) is 81.2 Å². The largest absolute Gasteiger partial charge is 0.368 e. The summed E-state index contributed by atoms with van der Waals surface area (Å²) in [4.78, 5) is 0. The third-order valence-electron chi connectivity index (χ3n) is 8.35. The minimum absolute atomic E-state index is 0.145. The first-order valence-electron chi connectivity index (χ1n) is 15.0. The smallest absolute Gasteiger partial charge is 0.187 e. The van der Waals surface area contributed by atoms with Crippen molar-refractivity contribution in [3.05, 3.63) is 108 Å². The van der Waals surface area contributed by atoms with Crippen molar-refractivity contribution in [2.24, 2.45) is 0 Å². The van der Waals surface area contributed by atoms with Crippen molar-refractivity contribution in [2.75, 3.05) is 20.3 Å². The average molecular weight is 591 g/mol. The Kier molecular flexibility index (Phi) is 9.13. The summed E-state index contributed by atoms with van der Waals surface area (Å²) < 4.78 is 56.7. The second kappa shape index (κ2) is 13.5. The first-order chi connectivity index (χ1) is 21.3. The summed E-state index contributed by atoms with van der Waals surface area (Å²) in [5, 5.41) is 0. The van der Waals surface area contributed by atoms with Gasteiger partial charge in [-0.2, -0.15) is 0 Å². The van der Waals surface area contributed by atoms with E-state index in [2.05, 4.69) is 0 Å². The first kappa shape index (κ1) is 29.0. The maximum atomic E-state index is 6.70. The zero-order valence-electron chi connectivity index (χ0n) is 24.1. The van der Waals surface area contributed by atoms with Crippen LogP contribution in [0.3, 0.4) is 0 Å². The van der Waals surface area contributed by atoms with Gasteiger partial charge in [0.2, 0.25) is 0 Å². The van der Waals surface area contributed by atoms with Crippen LogP contribution in [0.2, 0.25) is 0 Å². The molecule has 7 rings (SSSR count). The van der Waals surface area contributed by atoms with Crippen molar-refractivity contribution >= 4 is 0 Å². The maximum Gasteiger partial charge on any atom is 0.187 e. The minimum atomic E-state index is -0.750. The molecule has 3 aromatic carbocycles. The van der Waals surface area contributed by atoms with E-state index in [0.29, 0.717) is 32.8 Å². The lowest BCUT2D eigenvalue weighted by Gasteiger charge is -2.49. The molecule has 9 heteroatoms. The number of hydrogen-bond donors (Lipinski definition) is 0. The Morgan fingerprint density at radius 1 is 0.651 bits per heavy atom. The van der Waals surface area contributed by atoms with E-state index in [-0.39, 0.29) is 18.3 Å². The zero-order valence-corrected chi connectivity index (χ0v) is 24.1. The number of rotatable bonds is 10. The van der Waals surface area contributed by atoms with Gasteiger partial charge in [-0.05, 0) is 17.5 Å². The first-order valence-corrected chi connectivity index (χ1v) is 15.0. The van der Waals surface area contributed by atoms with Gasteiger partial charge in [0.15, 0.2) is 18.9 Å². The molecule has 228 valence electrons. The van der Waals surface area contributed by atoms with E-state index in [4.69, 9.17) is 42.6 Å². The molecule has 4 fully saturated rings. The van der Waals surface area contributed by atoms with E-state index in [1.807, 2.05) is 91.0 Å². The molecule has 4 aliphatic heterocycles. The molecule has 4 heterocycles. The molecule has 3 aromatic rings. The summed E-state index contributed by atoms with van der Waals surface area (Å²) in [7, 11) is 1.63. The van der Waals surface area contributed by atoms with Gasteiger partial charge in [-0.15, -0.1) is 0 Å². The molecule has 0 aromatic heterocycles. The van der Waals surface area contributed by atoms with E-state index < -0.39 is 43.3 Å². The number of benzene rings is 3. The fourth-order valence-corrected chi connectivity index (χ4v) is 6.07. The molecule has 10 atom stereocenters. The number of epoxide rings is 1. The van der Waals surface area contributed by atoms with Crippen LogP contribution in [0.25, 0.3) is 0 Å². The maximum absolute atomic E-state index is 6.70. The standard InChI is InChI=1S/C34H38O9/c1-35-33-31-27(42-31)25(17-18-36-33)40-34-30(38-20-23-13-7-3-8-14-23)29(37-19-22-11-5-2-6-12-22)28-26(41-34)21-39-32(43-28)24-15-9-4-10-16-24/h2-16,25-34H,17-21H2,1H3. The summed E-state index contributed by atoms with van der Waals surface area (Å²) in [6.45, 7) is 1.56. The van der Waals surface area contributed by atoms with Crippen LogP contribution in [-0.4, -0.2) is 75.6 Å². The molecular formula is C34H38O9. The fraction of sp³-hybridized carbons (Fsp3) is 0.471. The molecule has 43 heavy (non-hydrogen) atoms. The van der Waals surface area contributed by atoms with Crippen LogP contribution < -0.4 is 0 Å². The van der Waals surface area contributed by atoms with Gasteiger partial charge < -0.3 is 42.6 Å². The normalized spacial score (nSPS) is 35.4. The fourth-order valence-electron chi connectivity index (χ4n) is 6.07. The second-order valence-electron chi connectivity index (χ2n) is 11.2. The summed E-state index contributed by atoms with van der Waals surface area (Å²) in [5.41, 5.74) is 3.03. The molecule has 0 amide bonds. The monoisotopic (exact) mass is 590 g/mol. The van der Waals surface area contributed by atoms with Crippen molar-refractivity contribution < 1.29 is 42.6 Å². The molecular weight excluding hydrogens is 552 g/mol. The van der Waals surface area contributed by atoms with Crippen LogP contribution in [-0.2, 0) is 55.8 Å². The highest BCUT2D eigenvalue weighted by atomic mass is 16.8. The van der Waals surface area contributed by atoms with Gasteiger partial charge >= 0.3 is 0 Å². The SMILES string of the molecule is COC1OCCC(OC2OC3COC(c4ccccc4)OC3C(OCc3ccccc3)C2OCc2ccccc2)C2OC12. The van der Waals surface area contributed by atoms with Gasteiger partial charge in [0, 0.05) is 12.7 Å². The van der Waals surface area contributed by atoms with Gasteiger partial charge in [0.25, 0.3) is 0 Å². The molecule has 0 saturated carbocycles. The van der Waals surface area contributed by atoms with Crippen molar-refractivity contribution in [1.82, 2.24) is 0 Å². The van der Waals surface area contributed by atoms with E-state index >= 15 is 0 Å².